The van der Waals surface area contributed by atoms with Gasteiger partial charge in [-0.1, -0.05) is 12.1 Å². The van der Waals surface area contributed by atoms with E-state index in [1.165, 1.54) is 5.56 Å². The lowest BCUT2D eigenvalue weighted by molar-refractivity contribution is -0.0337. The number of nitrogens with zero attached hydrogens (tertiary/aromatic N) is 2. The van der Waals surface area contributed by atoms with E-state index in [9.17, 15) is 0 Å². The first-order valence-electron chi connectivity index (χ1n) is 8.12. The van der Waals surface area contributed by atoms with Crippen LogP contribution in [0.15, 0.2) is 24.3 Å². The molecule has 0 N–H and O–H groups in total. The van der Waals surface area contributed by atoms with Crippen molar-refractivity contribution in [3.8, 4) is 6.07 Å². The first-order valence-corrected chi connectivity index (χ1v) is 8.12. The van der Waals surface area contributed by atoms with Crippen molar-refractivity contribution in [3.63, 3.8) is 0 Å². The Bertz CT molecular complexity index is 546. The Morgan fingerprint density at radius 3 is 2.82 bits per heavy atom. The molecule has 0 saturated carbocycles. The number of nitriles is 1. The highest BCUT2D eigenvalue weighted by atomic mass is 16.5. The van der Waals surface area contributed by atoms with E-state index >= 15 is 0 Å². The maximum atomic E-state index is 9.10. The lowest BCUT2D eigenvalue weighted by atomic mass is 9.80. The lowest BCUT2D eigenvalue weighted by Gasteiger charge is -2.40. The van der Waals surface area contributed by atoms with Gasteiger partial charge in [0.2, 0.25) is 0 Å². The molecule has 0 aromatic heterocycles. The van der Waals surface area contributed by atoms with Crippen LogP contribution in [-0.2, 0) is 9.47 Å². The average Bonchev–Trinajstić information content (AvgIpc) is 2.77. The zero-order valence-corrected chi connectivity index (χ0v) is 13.3. The summed E-state index contributed by atoms with van der Waals surface area (Å²) >= 11 is 0. The van der Waals surface area contributed by atoms with Gasteiger partial charge < -0.3 is 9.47 Å². The molecule has 1 aromatic rings. The molecule has 4 heteroatoms. The van der Waals surface area contributed by atoms with Gasteiger partial charge in [-0.05, 0) is 37.5 Å². The average molecular weight is 300 g/mol. The summed E-state index contributed by atoms with van der Waals surface area (Å²) in [7, 11) is 0. The van der Waals surface area contributed by atoms with Crippen molar-refractivity contribution in [3.05, 3.63) is 35.4 Å². The van der Waals surface area contributed by atoms with E-state index in [2.05, 4.69) is 24.0 Å². The standard InChI is InChI=1S/C18H24N2O2/c1-15(17-4-2-3-16(11-17)12-19)20-7-10-22-14-18(13-20)5-8-21-9-6-18/h2-4,11,15H,5-10,13-14H2,1H3/t15-/m1/s1. The number of hydrogen-bond donors (Lipinski definition) is 0. The zero-order valence-electron chi connectivity index (χ0n) is 13.3. The summed E-state index contributed by atoms with van der Waals surface area (Å²) in [6.45, 7) is 7.54. The Kier molecular flexibility index (Phi) is 4.77. The van der Waals surface area contributed by atoms with Crippen LogP contribution in [0.25, 0.3) is 0 Å². The summed E-state index contributed by atoms with van der Waals surface area (Å²) in [6.07, 6.45) is 2.16. The second-order valence-electron chi connectivity index (χ2n) is 6.55. The number of rotatable bonds is 2. The van der Waals surface area contributed by atoms with E-state index in [1.807, 2.05) is 18.2 Å². The molecule has 3 rings (SSSR count). The van der Waals surface area contributed by atoms with Gasteiger partial charge in [0.25, 0.3) is 0 Å². The van der Waals surface area contributed by atoms with Gasteiger partial charge in [-0.3, -0.25) is 4.90 Å². The maximum absolute atomic E-state index is 9.10. The molecular formula is C18H24N2O2. The molecule has 1 atom stereocenters. The Balaban J connectivity index is 1.78. The third-order valence-corrected chi connectivity index (χ3v) is 5.07. The summed E-state index contributed by atoms with van der Waals surface area (Å²) < 4.78 is 11.4. The molecular weight excluding hydrogens is 276 g/mol. The monoisotopic (exact) mass is 300 g/mol. The van der Waals surface area contributed by atoms with Crippen LogP contribution >= 0.6 is 0 Å². The molecule has 2 aliphatic heterocycles. The highest BCUT2D eigenvalue weighted by Gasteiger charge is 2.37. The minimum atomic E-state index is 0.232. The molecule has 2 fully saturated rings. The first-order chi connectivity index (χ1) is 10.7. The van der Waals surface area contributed by atoms with Crippen molar-refractivity contribution in [2.75, 3.05) is 39.5 Å². The fourth-order valence-corrected chi connectivity index (χ4v) is 3.54. The molecule has 0 amide bonds. The van der Waals surface area contributed by atoms with E-state index in [0.717, 1.165) is 57.9 Å². The van der Waals surface area contributed by atoms with Crippen LogP contribution < -0.4 is 0 Å². The minimum absolute atomic E-state index is 0.232. The van der Waals surface area contributed by atoms with Crippen molar-refractivity contribution < 1.29 is 9.47 Å². The van der Waals surface area contributed by atoms with Crippen molar-refractivity contribution in [2.45, 2.75) is 25.8 Å². The van der Waals surface area contributed by atoms with Gasteiger partial charge in [-0.15, -0.1) is 0 Å². The van der Waals surface area contributed by atoms with Crippen molar-refractivity contribution in [2.24, 2.45) is 5.41 Å². The van der Waals surface area contributed by atoms with Crippen LogP contribution in [-0.4, -0.2) is 44.4 Å². The van der Waals surface area contributed by atoms with E-state index in [1.54, 1.807) is 0 Å². The van der Waals surface area contributed by atoms with Crippen LogP contribution in [0.2, 0.25) is 0 Å². The molecule has 0 radical (unpaired) electrons. The van der Waals surface area contributed by atoms with Crippen LogP contribution in [0.3, 0.4) is 0 Å². The predicted octanol–water partition coefficient (Wildman–Crippen LogP) is 2.75. The van der Waals surface area contributed by atoms with Crippen molar-refractivity contribution in [1.29, 1.82) is 5.26 Å². The smallest absolute Gasteiger partial charge is 0.0991 e. The summed E-state index contributed by atoms with van der Waals surface area (Å²) in [5.74, 6) is 0. The summed E-state index contributed by atoms with van der Waals surface area (Å²) in [5, 5.41) is 9.10. The highest BCUT2D eigenvalue weighted by molar-refractivity contribution is 5.34. The van der Waals surface area contributed by atoms with E-state index in [-0.39, 0.29) is 5.41 Å². The molecule has 2 saturated heterocycles. The molecule has 2 heterocycles. The van der Waals surface area contributed by atoms with Crippen LogP contribution in [0.1, 0.15) is 36.9 Å². The van der Waals surface area contributed by atoms with Crippen molar-refractivity contribution >= 4 is 0 Å². The molecule has 118 valence electrons. The van der Waals surface area contributed by atoms with Gasteiger partial charge >= 0.3 is 0 Å². The first kappa shape index (κ1) is 15.5. The molecule has 22 heavy (non-hydrogen) atoms. The van der Waals surface area contributed by atoms with E-state index in [4.69, 9.17) is 14.7 Å². The van der Waals surface area contributed by atoms with Crippen LogP contribution in [0.5, 0.6) is 0 Å². The molecule has 2 aliphatic rings. The largest absolute Gasteiger partial charge is 0.381 e. The zero-order chi connectivity index (χ0) is 15.4. The van der Waals surface area contributed by atoms with Crippen LogP contribution in [0.4, 0.5) is 0 Å². The second-order valence-corrected chi connectivity index (χ2v) is 6.55. The molecule has 0 bridgehead atoms. The van der Waals surface area contributed by atoms with Gasteiger partial charge in [-0.25, -0.2) is 0 Å². The second kappa shape index (κ2) is 6.78. The normalized spacial score (nSPS) is 23.6. The highest BCUT2D eigenvalue weighted by Crippen LogP contribution is 2.36. The Morgan fingerprint density at radius 2 is 2.05 bits per heavy atom. The summed E-state index contributed by atoms with van der Waals surface area (Å²) in [4.78, 5) is 2.51. The van der Waals surface area contributed by atoms with Gasteiger partial charge in [-0.2, -0.15) is 5.26 Å². The van der Waals surface area contributed by atoms with Crippen LogP contribution in [0, 0.1) is 16.7 Å². The Morgan fingerprint density at radius 1 is 1.23 bits per heavy atom. The fourth-order valence-electron chi connectivity index (χ4n) is 3.54. The quantitative estimate of drug-likeness (QED) is 0.842. The fraction of sp³-hybridized carbons (Fsp3) is 0.611. The number of ether oxygens (including phenoxy) is 2. The number of benzene rings is 1. The number of hydrogen-bond acceptors (Lipinski definition) is 4. The SMILES string of the molecule is C[C@H](c1cccc(C#N)c1)N1CCOCC2(CCOCC2)C1. The van der Waals surface area contributed by atoms with E-state index < -0.39 is 0 Å². The van der Waals surface area contributed by atoms with Gasteiger partial charge in [0.15, 0.2) is 0 Å². The third-order valence-electron chi connectivity index (χ3n) is 5.07. The lowest BCUT2D eigenvalue weighted by Crippen LogP contribution is -2.43. The van der Waals surface area contributed by atoms with Gasteiger partial charge in [0.1, 0.15) is 0 Å². The van der Waals surface area contributed by atoms with Gasteiger partial charge in [0.05, 0.1) is 24.8 Å². The molecule has 0 unspecified atom stereocenters. The Hall–Kier alpha value is -1.41. The Labute approximate surface area is 132 Å². The third kappa shape index (κ3) is 3.33. The predicted molar refractivity (Wildman–Crippen MR) is 84.5 cm³/mol. The molecule has 1 aromatic carbocycles. The molecule has 4 nitrogen and oxygen atoms in total. The summed E-state index contributed by atoms with van der Waals surface area (Å²) in [5.41, 5.74) is 2.18. The molecule has 0 aliphatic carbocycles. The molecule has 1 spiro atoms. The van der Waals surface area contributed by atoms with E-state index in [0.29, 0.717) is 6.04 Å². The van der Waals surface area contributed by atoms with Gasteiger partial charge in [0, 0.05) is 37.8 Å². The maximum Gasteiger partial charge on any atom is 0.0991 e. The van der Waals surface area contributed by atoms with Crippen molar-refractivity contribution in [1.82, 2.24) is 4.90 Å². The topological polar surface area (TPSA) is 45.5 Å². The summed E-state index contributed by atoms with van der Waals surface area (Å²) in [6, 6.07) is 10.5. The minimum Gasteiger partial charge on any atom is -0.381 e.